The van der Waals surface area contributed by atoms with Gasteiger partial charge in [0, 0.05) is 5.56 Å². The zero-order valence-electron chi connectivity index (χ0n) is 11.3. The van der Waals surface area contributed by atoms with Crippen molar-refractivity contribution in [1.29, 1.82) is 0 Å². The molecule has 0 aliphatic heterocycles. The number of anilines is 1. The highest BCUT2D eigenvalue weighted by molar-refractivity contribution is 9.10. The van der Waals surface area contributed by atoms with E-state index in [0.29, 0.717) is 6.42 Å². The molecule has 116 valence electrons. The number of alkyl halides is 2. The Labute approximate surface area is 146 Å². The molecule has 0 radical (unpaired) electrons. The van der Waals surface area contributed by atoms with Crippen LogP contribution in [0.4, 0.5) is 5.69 Å². The maximum Gasteiger partial charge on any atom is 0.252 e. The van der Waals surface area contributed by atoms with Crippen LogP contribution in [0.1, 0.15) is 30.6 Å². The zero-order chi connectivity index (χ0) is 16.4. The molecule has 2 unspecified atom stereocenters. The molecule has 0 heterocycles. The summed E-state index contributed by atoms with van der Waals surface area (Å²) in [6.07, 6.45) is 0.378. The van der Waals surface area contributed by atoms with Gasteiger partial charge in [-0.3, -0.25) is 9.59 Å². The van der Waals surface area contributed by atoms with E-state index in [-0.39, 0.29) is 27.1 Å². The van der Waals surface area contributed by atoms with Gasteiger partial charge in [0.15, 0.2) is 5.78 Å². The molecule has 1 rings (SSSR count). The Balaban J connectivity index is 3.07. The number of carbonyl (C=O) groups excluding carboxylic acids is 2. The average molecular weight is 417 g/mol. The lowest BCUT2D eigenvalue weighted by molar-refractivity contribution is -0.122. The molecule has 0 aliphatic rings. The summed E-state index contributed by atoms with van der Waals surface area (Å²) in [5.74, 6) is -0.825. The molecule has 8 heteroatoms. The number of nitrogens with one attached hydrogen (secondary N) is 1. The van der Waals surface area contributed by atoms with E-state index in [0.717, 1.165) is 0 Å². The van der Waals surface area contributed by atoms with Crippen LogP contribution in [0.3, 0.4) is 0 Å². The van der Waals surface area contributed by atoms with Gasteiger partial charge in [-0.05, 0) is 25.5 Å². The minimum Gasteiger partial charge on any atom is -0.396 e. The number of Topliss-reactive ketones (excluding diaryl/α,β-unsaturated/α-hetero) is 1. The van der Waals surface area contributed by atoms with Crippen molar-refractivity contribution in [3.05, 3.63) is 27.7 Å². The summed E-state index contributed by atoms with van der Waals surface area (Å²) in [5, 5.41) is 3.00. The van der Waals surface area contributed by atoms with E-state index in [4.69, 9.17) is 40.5 Å². The van der Waals surface area contributed by atoms with Crippen molar-refractivity contribution in [3.8, 4) is 0 Å². The maximum absolute atomic E-state index is 12.3. The Morgan fingerprint density at radius 2 is 1.86 bits per heavy atom. The number of hydrogen-bond donors (Lipinski definition) is 2. The first-order chi connectivity index (χ1) is 9.62. The fourth-order valence-corrected chi connectivity index (χ4v) is 2.84. The van der Waals surface area contributed by atoms with Crippen LogP contribution in [0.5, 0.6) is 0 Å². The van der Waals surface area contributed by atoms with Crippen molar-refractivity contribution >= 4 is 68.1 Å². The third-order valence-corrected chi connectivity index (χ3v) is 4.42. The van der Waals surface area contributed by atoms with Gasteiger partial charge in [-0.2, -0.15) is 0 Å². The van der Waals surface area contributed by atoms with Gasteiger partial charge in [0.1, 0.15) is 4.29 Å². The summed E-state index contributed by atoms with van der Waals surface area (Å²) in [7, 11) is 0. The largest absolute Gasteiger partial charge is 0.396 e. The van der Waals surface area contributed by atoms with Gasteiger partial charge < -0.3 is 11.1 Å². The van der Waals surface area contributed by atoms with Gasteiger partial charge in [-0.25, -0.2) is 0 Å². The van der Waals surface area contributed by atoms with E-state index in [1.165, 1.54) is 12.1 Å². The molecule has 1 amide bonds. The standard InChI is InChI=1S/C13H14BrCl3N2O2/c1-3-13(2,10(20)11(14)17)19-12(21)6-4-7(15)9(18)8(16)5-6/h4-5,11H,3,18H2,1-2H3,(H,19,21). The first kappa shape index (κ1) is 18.6. The first-order valence-corrected chi connectivity index (χ1v) is 8.12. The van der Waals surface area contributed by atoms with E-state index < -0.39 is 15.7 Å². The quantitative estimate of drug-likeness (QED) is 0.563. The summed E-state index contributed by atoms with van der Waals surface area (Å²) in [6.45, 7) is 3.37. The number of nitrogen functional groups attached to an aromatic ring is 1. The average Bonchev–Trinajstić information content (AvgIpc) is 2.42. The number of halogens is 4. The van der Waals surface area contributed by atoms with Crippen molar-refractivity contribution < 1.29 is 9.59 Å². The Kier molecular flexibility index (Phi) is 6.35. The van der Waals surface area contributed by atoms with Crippen molar-refractivity contribution in [3.63, 3.8) is 0 Å². The molecule has 0 aromatic heterocycles. The summed E-state index contributed by atoms with van der Waals surface area (Å²) < 4.78 is -0.888. The van der Waals surface area contributed by atoms with Gasteiger partial charge in [-0.1, -0.05) is 46.1 Å². The van der Waals surface area contributed by atoms with Gasteiger partial charge in [0.25, 0.3) is 5.91 Å². The van der Waals surface area contributed by atoms with Crippen LogP contribution in [0.2, 0.25) is 10.0 Å². The smallest absolute Gasteiger partial charge is 0.252 e. The van der Waals surface area contributed by atoms with E-state index in [1.807, 2.05) is 0 Å². The predicted molar refractivity (Wildman–Crippen MR) is 90.6 cm³/mol. The van der Waals surface area contributed by atoms with E-state index in [1.54, 1.807) is 13.8 Å². The molecular weight excluding hydrogens is 402 g/mol. The van der Waals surface area contributed by atoms with Gasteiger partial charge in [0.2, 0.25) is 0 Å². The number of ketones is 1. The van der Waals surface area contributed by atoms with E-state index >= 15 is 0 Å². The lowest BCUT2D eigenvalue weighted by Gasteiger charge is -2.28. The molecule has 4 nitrogen and oxygen atoms in total. The SMILES string of the molecule is CCC(C)(NC(=O)c1cc(Cl)c(N)c(Cl)c1)C(=O)C(Cl)Br. The molecule has 21 heavy (non-hydrogen) atoms. The Hall–Kier alpha value is -0.490. The van der Waals surface area contributed by atoms with E-state index in [9.17, 15) is 9.59 Å². The van der Waals surface area contributed by atoms with Gasteiger partial charge >= 0.3 is 0 Å². The Morgan fingerprint density at radius 1 is 1.38 bits per heavy atom. The topological polar surface area (TPSA) is 72.2 Å². The second-order valence-corrected chi connectivity index (χ2v) is 7.35. The number of benzene rings is 1. The van der Waals surface area contributed by atoms with Crippen LogP contribution in [0.25, 0.3) is 0 Å². The number of nitrogens with two attached hydrogens (primary N) is 1. The van der Waals surface area contributed by atoms with Crippen LogP contribution < -0.4 is 11.1 Å². The number of hydrogen-bond acceptors (Lipinski definition) is 3. The van der Waals surface area contributed by atoms with Gasteiger partial charge in [-0.15, -0.1) is 11.6 Å². The fourth-order valence-electron chi connectivity index (χ4n) is 1.60. The second-order valence-electron chi connectivity index (χ2n) is 4.66. The summed E-state index contributed by atoms with van der Waals surface area (Å²) in [4.78, 5) is 24.4. The third kappa shape index (κ3) is 4.25. The summed E-state index contributed by atoms with van der Waals surface area (Å²) >= 11 is 20.5. The normalized spacial score (nSPS) is 15.1. The van der Waals surface area contributed by atoms with Crippen molar-refractivity contribution in [2.24, 2.45) is 0 Å². The van der Waals surface area contributed by atoms with Crippen LogP contribution in [0.15, 0.2) is 12.1 Å². The Bertz CT molecular complexity index is 558. The number of carbonyl (C=O) groups is 2. The van der Waals surface area contributed by atoms with Crippen LogP contribution in [-0.2, 0) is 4.79 Å². The third-order valence-electron chi connectivity index (χ3n) is 3.18. The molecule has 1 aromatic carbocycles. The molecule has 0 aliphatic carbocycles. The molecule has 0 saturated heterocycles. The molecular formula is C13H14BrCl3N2O2. The lowest BCUT2D eigenvalue weighted by Crippen LogP contribution is -2.53. The van der Waals surface area contributed by atoms with Crippen molar-refractivity contribution in [1.82, 2.24) is 5.32 Å². The van der Waals surface area contributed by atoms with Crippen LogP contribution >= 0.6 is 50.7 Å². The number of amides is 1. The highest BCUT2D eigenvalue weighted by atomic mass is 79.9. The predicted octanol–water partition coefficient (Wildman–Crippen LogP) is 4.00. The second kappa shape index (κ2) is 7.18. The lowest BCUT2D eigenvalue weighted by atomic mass is 9.93. The monoisotopic (exact) mass is 414 g/mol. The summed E-state index contributed by atoms with van der Waals surface area (Å²) in [5.41, 5.74) is 4.93. The maximum atomic E-state index is 12.3. The molecule has 2 atom stereocenters. The van der Waals surface area contributed by atoms with Crippen LogP contribution in [0, 0.1) is 0 Å². The summed E-state index contributed by atoms with van der Waals surface area (Å²) in [6, 6.07) is 2.79. The molecule has 0 bridgehead atoms. The van der Waals surface area contributed by atoms with Crippen molar-refractivity contribution in [2.75, 3.05) is 5.73 Å². The van der Waals surface area contributed by atoms with Crippen molar-refractivity contribution in [2.45, 2.75) is 30.1 Å². The zero-order valence-corrected chi connectivity index (χ0v) is 15.2. The molecule has 0 spiro atoms. The minimum atomic E-state index is -1.10. The van der Waals surface area contributed by atoms with Gasteiger partial charge in [0.05, 0.1) is 21.3 Å². The highest BCUT2D eigenvalue weighted by Gasteiger charge is 2.36. The van der Waals surface area contributed by atoms with Crippen LogP contribution in [-0.4, -0.2) is 21.5 Å². The Morgan fingerprint density at radius 3 is 2.24 bits per heavy atom. The minimum absolute atomic E-state index is 0.174. The molecule has 1 aromatic rings. The first-order valence-electron chi connectivity index (χ1n) is 6.02. The molecule has 3 N–H and O–H groups in total. The van der Waals surface area contributed by atoms with E-state index in [2.05, 4.69) is 21.2 Å². The molecule has 0 saturated carbocycles. The molecule has 0 fully saturated rings. The fraction of sp³-hybridized carbons (Fsp3) is 0.385. The number of rotatable bonds is 5. The highest BCUT2D eigenvalue weighted by Crippen LogP contribution is 2.29.